The molecule has 266 valence electrons. The van der Waals surface area contributed by atoms with E-state index < -0.39 is 5.41 Å². The second-order valence-corrected chi connectivity index (χ2v) is 13.9. The first-order valence-electron chi connectivity index (χ1n) is 18.4. The average Bonchev–Trinajstić information content (AvgIpc) is 3.77. The van der Waals surface area contributed by atoms with Crippen molar-refractivity contribution in [1.82, 2.24) is 9.55 Å². The topological polar surface area (TPSA) is 24.3 Å². The SMILES string of the molecule is CN1CN(c2[c-]c(C(c3[c-]c4c(cc3)c3ccccc3n4-c3cc(-c4ccccc4)ccn3)(c3ccccc3)c3ccccc3)ccc2)c2ccccc21.[Pt+2]. The van der Waals surface area contributed by atoms with Crippen molar-refractivity contribution < 1.29 is 21.1 Å². The van der Waals surface area contributed by atoms with Gasteiger partial charge in [0.05, 0.1) is 18.0 Å². The molecule has 0 saturated carbocycles. The predicted octanol–water partition coefficient (Wildman–Crippen LogP) is 11.4. The van der Waals surface area contributed by atoms with Crippen LogP contribution in [-0.4, -0.2) is 23.3 Å². The van der Waals surface area contributed by atoms with Crippen LogP contribution in [0.1, 0.15) is 22.3 Å². The molecule has 0 fully saturated rings. The van der Waals surface area contributed by atoms with E-state index >= 15 is 0 Å². The second kappa shape index (κ2) is 14.2. The Morgan fingerprint density at radius 1 is 0.545 bits per heavy atom. The van der Waals surface area contributed by atoms with E-state index in [-0.39, 0.29) is 21.1 Å². The van der Waals surface area contributed by atoms with Gasteiger partial charge in [0.15, 0.2) is 0 Å². The van der Waals surface area contributed by atoms with Crippen molar-refractivity contribution in [2.45, 2.75) is 5.41 Å². The van der Waals surface area contributed by atoms with Crippen molar-refractivity contribution in [3.8, 4) is 16.9 Å². The third-order valence-corrected chi connectivity index (χ3v) is 10.9. The Hall–Kier alpha value is -6.22. The number of para-hydroxylation sites is 3. The summed E-state index contributed by atoms with van der Waals surface area (Å²) in [7, 11) is 2.15. The largest absolute Gasteiger partial charge is 2.00 e. The van der Waals surface area contributed by atoms with Gasteiger partial charge in [0.25, 0.3) is 0 Å². The monoisotopic (exact) mass is 887 g/mol. The Bertz CT molecular complexity index is 2740. The molecule has 0 unspecified atom stereocenters. The number of aromatic nitrogens is 2. The molecule has 1 aliphatic rings. The van der Waals surface area contributed by atoms with Crippen LogP contribution in [0.4, 0.5) is 17.1 Å². The van der Waals surface area contributed by atoms with E-state index in [0.717, 1.165) is 73.4 Å². The van der Waals surface area contributed by atoms with Crippen LogP contribution in [-0.2, 0) is 26.5 Å². The molecule has 10 rings (SSSR count). The molecule has 0 atom stereocenters. The Morgan fingerprint density at radius 3 is 1.93 bits per heavy atom. The van der Waals surface area contributed by atoms with E-state index in [0.29, 0.717) is 0 Å². The summed E-state index contributed by atoms with van der Waals surface area (Å²) in [5, 5.41) is 2.29. The molecule has 2 aromatic heterocycles. The minimum Gasteiger partial charge on any atom is -0.355 e. The van der Waals surface area contributed by atoms with Gasteiger partial charge in [0.2, 0.25) is 0 Å². The van der Waals surface area contributed by atoms with Crippen molar-refractivity contribution in [3.63, 3.8) is 0 Å². The summed E-state index contributed by atoms with van der Waals surface area (Å²) in [5.41, 5.74) is 11.4. The summed E-state index contributed by atoms with van der Waals surface area (Å²) in [6, 6.07) is 72.8. The van der Waals surface area contributed by atoms with E-state index in [9.17, 15) is 0 Å². The van der Waals surface area contributed by atoms with E-state index in [2.05, 4.69) is 216 Å². The summed E-state index contributed by atoms with van der Waals surface area (Å²) >= 11 is 0. The zero-order chi connectivity index (χ0) is 36.1. The summed E-state index contributed by atoms with van der Waals surface area (Å²) in [6.45, 7) is 0.746. The molecular formula is C50H36N4Pt. The van der Waals surface area contributed by atoms with Crippen LogP contribution in [0.25, 0.3) is 38.8 Å². The number of anilines is 3. The van der Waals surface area contributed by atoms with E-state index in [1.807, 2.05) is 6.20 Å². The summed E-state index contributed by atoms with van der Waals surface area (Å²) in [6.07, 6.45) is 1.91. The average molecular weight is 888 g/mol. The molecule has 4 nitrogen and oxygen atoms in total. The summed E-state index contributed by atoms with van der Waals surface area (Å²) in [4.78, 5) is 9.63. The minimum absolute atomic E-state index is 0. The number of pyridine rings is 1. The first kappa shape index (κ1) is 34.5. The van der Waals surface area contributed by atoms with Crippen LogP contribution >= 0.6 is 0 Å². The van der Waals surface area contributed by atoms with Gasteiger partial charge < -0.3 is 14.4 Å². The molecule has 1 aliphatic heterocycles. The van der Waals surface area contributed by atoms with Gasteiger partial charge in [-0.15, -0.1) is 22.6 Å². The molecule has 0 saturated heterocycles. The molecule has 0 aliphatic carbocycles. The van der Waals surface area contributed by atoms with Crippen molar-refractivity contribution in [2.24, 2.45) is 0 Å². The fourth-order valence-corrected chi connectivity index (χ4v) is 8.43. The first-order chi connectivity index (χ1) is 26.7. The van der Waals surface area contributed by atoms with Gasteiger partial charge in [-0.2, -0.15) is 36.4 Å². The summed E-state index contributed by atoms with van der Waals surface area (Å²) in [5.74, 6) is 0.853. The van der Waals surface area contributed by atoms with Crippen LogP contribution in [0.5, 0.6) is 0 Å². The van der Waals surface area contributed by atoms with Crippen molar-refractivity contribution in [2.75, 3.05) is 23.5 Å². The first-order valence-corrected chi connectivity index (χ1v) is 18.4. The van der Waals surface area contributed by atoms with Crippen LogP contribution in [0.2, 0.25) is 0 Å². The molecular weight excluding hydrogens is 852 g/mol. The van der Waals surface area contributed by atoms with Gasteiger partial charge in [-0.05, 0) is 58.0 Å². The standard InChI is InChI=1S/C50H36N4.Pt/c1-52-35-53(47-27-14-13-26-46(47)52)42-23-15-22-40(33-42)50(38-18-7-3-8-19-38,39-20-9-4-10-21-39)41-28-29-44-43-24-11-12-25-45(43)54(48(44)34-41)49-32-37(30-31-51-49)36-16-5-2-6-17-36;/h2-32H,35H2,1H3;/q-2;+2. The number of hydrogen-bond acceptors (Lipinski definition) is 3. The Kier molecular flexibility index (Phi) is 8.92. The fraction of sp³-hybridized carbons (Fsp3) is 0.0600. The van der Waals surface area contributed by atoms with Crippen molar-refractivity contribution >= 4 is 38.9 Å². The maximum Gasteiger partial charge on any atom is 2.00 e. The number of fused-ring (bicyclic) bond motifs is 4. The van der Waals surface area contributed by atoms with Gasteiger partial charge in [0.1, 0.15) is 5.82 Å². The third-order valence-electron chi connectivity index (χ3n) is 10.9. The van der Waals surface area contributed by atoms with E-state index in [4.69, 9.17) is 4.98 Å². The van der Waals surface area contributed by atoms with Gasteiger partial charge >= 0.3 is 21.1 Å². The van der Waals surface area contributed by atoms with Gasteiger partial charge in [-0.25, -0.2) is 4.98 Å². The molecule has 5 heteroatoms. The smallest absolute Gasteiger partial charge is 0.355 e. The molecule has 3 heterocycles. The number of nitrogens with zero attached hydrogens (tertiary/aromatic N) is 4. The van der Waals surface area contributed by atoms with Crippen molar-refractivity contribution in [1.29, 1.82) is 0 Å². The quantitative estimate of drug-likeness (QED) is 0.118. The molecule has 0 radical (unpaired) electrons. The fourth-order valence-electron chi connectivity index (χ4n) is 8.43. The second-order valence-electron chi connectivity index (χ2n) is 13.9. The minimum atomic E-state index is -0.752. The molecule has 0 N–H and O–H groups in total. The molecule has 55 heavy (non-hydrogen) atoms. The summed E-state index contributed by atoms with van der Waals surface area (Å²) < 4.78 is 2.28. The molecule has 0 amide bonds. The number of rotatable bonds is 7. The number of hydrogen-bond donors (Lipinski definition) is 0. The van der Waals surface area contributed by atoms with E-state index in [1.165, 1.54) is 11.4 Å². The van der Waals surface area contributed by atoms with Crippen LogP contribution in [0.15, 0.2) is 188 Å². The Balaban J connectivity index is 0.00000397. The molecule has 9 aromatic rings. The van der Waals surface area contributed by atoms with E-state index in [1.54, 1.807) is 0 Å². The van der Waals surface area contributed by atoms with Gasteiger partial charge in [-0.1, -0.05) is 133 Å². The van der Waals surface area contributed by atoms with Crippen molar-refractivity contribution in [3.05, 3.63) is 223 Å². The Morgan fingerprint density at radius 2 is 1.18 bits per heavy atom. The maximum atomic E-state index is 4.98. The zero-order valence-corrected chi connectivity index (χ0v) is 32.5. The maximum absolute atomic E-state index is 4.98. The third kappa shape index (κ3) is 5.68. The normalized spacial score (nSPS) is 12.5. The number of benzene rings is 7. The van der Waals surface area contributed by atoms with Crippen LogP contribution < -0.4 is 9.80 Å². The zero-order valence-electron chi connectivity index (χ0n) is 30.2. The van der Waals surface area contributed by atoms with Gasteiger partial charge in [0, 0.05) is 24.2 Å². The van der Waals surface area contributed by atoms with Crippen LogP contribution in [0, 0.1) is 12.1 Å². The predicted molar refractivity (Wildman–Crippen MR) is 222 cm³/mol. The Labute approximate surface area is 336 Å². The molecule has 7 aromatic carbocycles. The molecule has 0 bridgehead atoms. The van der Waals surface area contributed by atoms with Crippen LogP contribution in [0.3, 0.4) is 0 Å². The molecule has 0 spiro atoms. The van der Waals surface area contributed by atoms with Gasteiger partial charge in [-0.3, -0.25) is 0 Å².